The molecule has 2 aliphatic rings. The lowest BCUT2D eigenvalue weighted by molar-refractivity contribution is 0.122. The third kappa shape index (κ3) is 3.75. The van der Waals surface area contributed by atoms with Gasteiger partial charge in [-0.25, -0.2) is 4.98 Å². The van der Waals surface area contributed by atoms with E-state index >= 15 is 0 Å². The minimum absolute atomic E-state index is 0.323. The third-order valence-corrected chi connectivity index (χ3v) is 6.36. The van der Waals surface area contributed by atoms with Crippen LogP contribution in [0.1, 0.15) is 11.3 Å². The Morgan fingerprint density at radius 2 is 2.12 bits per heavy atom. The van der Waals surface area contributed by atoms with Gasteiger partial charge in [0.1, 0.15) is 0 Å². The van der Waals surface area contributed by atoms with Crippen molar-refractivity contribution < 1.29 is 4.74 Å². The number of rotatable bonds is 4. The van der Waals surface area contributed by atoms with E-state index in [2.05, 4.69) is 44.8 Å². The molecule has 2 aromatic heterocycles. The number of nitrogens with zero attached hydrogens (tertiary/aromatic N) is 5. The molecular weight excluding hydrogens is 358 g/mol. The van der Waals surface area contributed by atoms with Crippen molar-refractivity contribution in [2.75, 3.05) is 58.4 Å². The van der Waals surface area contributed by atoms with Gasteiger partial charge in [0, 0.05) is 37.1 Å². The van der Waals surface area contributed by atoms with Crippen LogP contribution in [-0.4, -0.2) is 79.3 Å². The smallest absolute Gasteiger partial charge is 0.224 e. The van der Waals surface area contributed by atoms with Gasteiger partial charge in [-0.15, -0.1) is 11.3 Å². The van der Waals surface area contributed by atoms with Crippen molar-refractivity contribution in [2.45, 2.75) is 19.0 Å². The zero-order valence-electron chi connectivity index (χ0n) is 14.7. The Hall–Kier alpha value is -0.990. The molecule has 0 aliphatic carbocycles. The van der Waals surface area contributed by atoms with Crippen LogP contribution in [0.15, 0.2) is 6.07 Å². The monoisotopic (exact) mass is 381 g/mol. The molecule has 0 N–H and O–H groups in total. The van der Waals surface area contributed by atoms with Gasteiger partial charge in [-0.05, 0) is 44.7 Å². The van der Waals surface area contributed by atoms with Crippen LogP contribution in [-0.2, 0) is 11.3 Å². The molecule has 0 bridgehead atoms. The molecule has 2 aromatic rings. The first-order chi connectivity index (χ1) is 12.1. The number of aromatic nitrogens is 2. The molecule has 136 valence electrons. The summed E-state index contributed by atoms with van der Waals surface area (Å²) >= 11 is 7.98. The third-order valence-electron chi connectivity index (χ3n) is 5.08. The second-order valence-electron chi connectivity index (χ2n) is 6.96. The summed E-state index contributed by atoms with van der Waals surface area (Å²) in [7, 11) is 4.41. The number of thiophene rings is 1. The molecule has 0 amide bonds. The van der Waals surface area contributed by atoms with Gasteiger partial charge in [0.25, 0.3) is 0 Å². The van der Waals surface area contributed by atoms with Crippen LogP contribution in [0.25, 0.3) is 10.2 Å². The van der Waals surface area contributed by atoms with Crippen molar-refractivity contribution >= 4 is 39.0 Å². The minimum Gasteiger partial charge on any atom is -0.378 e. The highest BCUT2D eigenvalue weighted by Gasteiger charge is 2.24. The van der Waals surface area contributed by atoms with E-state index in [4.69, 9.17) is 16.3 Å². The molecule has 2 fully saturated rings. The predicted octanol–water partition coefficient (Wildman–Crippen LogP) is 2.32. The molecule has 4 heterocycles. The molecule has 0 radical (unpaired) electrons. The highest BCUT2D eigenvalue weighted by molar-refractivity contribution is 7.19. The standard InChI is InChI=1S/C17H24ClN5OS/c1-21-4-3-12(10-21)22(2)11-13-9-14-15(25-13)16(20-17(18)19-14)23-5-7-24-8-6-23/h9,12H,3-8,10-11H2,1-2H3. The van der Waals surface area contributed by atoms with E-state index < -0.39 is 0 Å². The van der Waals surface area contributed by atoms with Crippen LogP contribution in [0, 0.1) is 0 Å². The van der Waals surface area contributed by atoms with Gasteiger partial charge < -0.3 is 14.5 Å². The largest absolute Gasteiger partial charge is 0.378 e. The Morgan fingerprint density at radius 3 is 2.84 bits per heavy atom. The van der Waals surface area contributed by atoms with Gasteiger partial charge in [0.15, 0.2) is 5.82 Å². The Labute approximate surface area is 157 Å². The van der Waals surface area contributed by atoms with E-state index in [0.29, 0.717) is 11.3 Å². The van der Waals surface area contributed by atoms with Gasteiger partial charge in [-0.3, -0.25) is 4.90 Å². The van der Waals surface area contributed by atoms with Crippen molar-refractivity contribution in [1.29, 1.82) is 0 Å². The number of likely N-dealkylation sites (N-methyl/N-ethyl adjacent to an activating group) is 2. The summed E-state index contributed by atoms with van der Waals surface area (Å²) in [4.78, 5) is 17.4. The van der Waals surface area contributed by atoms with Gasteiger partial charge in [-0.1, -0.05) is 0 Å². The Balaban J connectivity index is 1.58. The minimum atomic E-state index is 0.323. The van der Waals surface area contributed by atoms with Crippen LogP contribution in [0.2, 0.25) is 5.28 Å². The average molecular weight is 382 g/mol. The van der Waals surface area contributed by atoms with Crippen molar-refractivity contribution in [2.24, 2.45) is 0 Å². The first-order valence-corrected chi connectivity index (χ1v) is 9.97. The zero-order valence-corrected chi connectivity index (χ0v) is 16.3. The maximum absolute atomic E-state index is 6.19. The predicted molar refractivity (Wildman–Crippen MR) is 103 cm³/mol. The lowest BCUT2D eigenvalue weighted by Gasteiger charge is -2.28. The first kappa shape index (κ1) is 17.4. The van der Waals surface area contributed by atoms with Crippen LogP contribution in [0.5, 0.6) is 0 Å². The molecule has 0 spiro atoms. The number of ether oxygens (including phenoxy) is 1. The topological polar surface area (TPSA) is 44.7 Å². The quantitative estimate of drug-likeness (QED) is 0.757. The molecule has 1 unspecified atom stereocenters. The summed E-state index contributed by atoms with van der Waals surface area (Å²) in [5.74, 6) is 0.956. The number of likely N-dealkylation sites (tertiary alicyclic amines) is 1. The summed E-state index contributed by atoms with van der Waals surface area (Å²) < 4.78 is 6.60. The Bertz CT molecular complexity index is 748. The average Bonchev–Trinajstić information content (AvgIpc) is 3.20. The van der Waals surface area contributed by atoms with Crippen LogP contribution < -0.4 is 4.90 Å². The zero-order chi connectivity index (χ0) is 17.4. The summed E-state index contributed by atoms with van der Waals surface area (Å²) in [5, 5.41) is 0.323. The molecule has 2 aliphatic heterocycles. The van der Waals surface area contributed by atoms with E-state index in [1.54, 1.807) is 11.3 Å². The number of anilines is 1. The molecule has 1 atom stereocenters. The molecule has 4 rings (SSSR count). The number of hydrogen-bond acceptors (Lipinski definition) is 7. The Morgan fingerprint density at radius 1 is 1.32 bits per heavy atom. The summed E-state index contributed by atoms with van der Waals surface area (Å²) in [6.07, 6.45) is 1.24. The lowest BCUT2D eigenvalue weighted by atomic mass is 10.2. The second kappa shape index (κ2) is 7.32. The highest BCUT2D eigenvalue weighted by atomic mass is 35.5. The molecule has 8 heteroatoms. The normalized spacial score (nSPS) is 22.4. The van der Waals surface area contributed by atoms with Crippen LogP contribution >= 0.6 is 22.9 Å². The van der Waals surface area contributed by atoms with Crippen molar-refractivity contribution in [3.05, 3.63) is 16.2 Å². The van der Waals surface area contributed by atoms with Crippen molar-refractivity contribution in [3.63, 3.8) is 0 Å². The fraction of sp³-hybridized carbons (Fsp3) is 0.647. The first-order valence-electron chi connectivity index (χ1n) is 8.77. The molecule has 6 nitrogen and oxygen atoms in total. The molecule has 0 aromatic carbocycles. The van der Waals surface area contributed by atoms with Crippen LogP contribution in [0.3, 0.4) is 0 Å². The van der Waals surface area contributed by atoms with E-state index in [1.807, 2.05) is 0 Å². The van der Waals surface area contributed by atoms with Gasteiger partial charge in [-0.2, -0.15) is 4.98 Å². The summed E-state index contributed by atoms with van der Waals surface area (Å²) in [6.45, 7) is 6.45. The lowest BCUT2D eigenvalue weighted by Crippen LogP contribution is -2.36. The maximum atomic E-state index is 6.19. The van der Waals surface area contributed by atoms with Gasteiger partial charge in [0.05, 0.1) is 23.4 Å². The number of morpholine rings is 1. The van der Waals surface area contributed by atoms with E-state index in [0.717, 1.165) is 55.4 Å². The summed E-state index contributed by atoms with van der Waals surface area (Å²) in [5.41, 5.74) is 0.957. The van der Waals surface area contributed by atoms with E-state index in [-0.39, 0.29) is 0 Å². The number of halogens is 1. The fourth-order valence-corrected chi connectivity index (χ4v) is 5.00. The molecule has 0 saturated carbocycles. The summed E-state index contributed by atoms with van der Waals surface area (Å²) in [6, 6.07) is 2.80. The van der Waals surface area contributed by atoms with Crippen molar-refractivity contribution in [1.82, 2.24) is 19.8 Å². The maximum Gasteiger partial charge on any atom is 0.224 e. The van der Waals surface area contributed by atoms with Gasteiger partial charge in [0.2, 0.25) is 5.28 Å². The highest BCUT2D eigenvalue weighted by Crippen LogP contribution is 2.34. The number of hydrogen-bond donors (Lipinski definition) is 0. The fourth-order valence-electron chi connectivity index (χ4n) is 3.65. The van der Waals surface area contributed by atoms with E-state index in [9.17, 15) is 0 Å². The van der Waals surface area contributed by atoms with Crippen molar-refractivity contribution in [3.8, 4) is 0 Å². The second-order valence-corrected chi connectivity index (χ2v) is 8.44. The molecule has 25 heavy (non-hydrogen) atoms. The molecule has 2 saturated heterocycles. The molecular formula is C17H24ClN5OS. The SMILES string of the molecule is CN1CCC(N(C)Cc2cc3nc(Cl)nc(N4CCOCC4)c3s2)C1. The van der Waals surface area contributed by atoms with Gasteiger partial charge >= 0.3 is 0 Å². The van der Waals surface area contributed by atoms with Crippen LogP contribution in [0.4, 0.5) is 5.82 Å². The number of fused-ring (bicyclic) bond motifs is 1. The Kier molecular flexibility index (Phi) is 5.11. The van der Waals surface area contributed by atoms with E-state index in [1.165, 1.54) is 17.8 Å².